The van der Waals surface area contributed by atoms with E-state index in [1.165, 1.54) is 0 Å². The van der Waals surface area contributed by atoms with Crippen molar-refractivity contribution < 1.29 is 32.6 Å². The number of amides is 1. The molecule has 2 N–H and O–H groups in total. The molecule has 0 unspecified atom stereocenters. The van der Waals surface area contributed by atoms with E-state index in [9.17, 15) is 18.0 Å². The maximum atomic E-state index is 12.1. The van der Waals surface area contributed by atoms with E-state index in [2.05, 4.69) is 10.3 Å². The molecule has 32 heavy (non-hydrogen) atoms. The van der Waals surface area contributed by atoms with Crippen LogP contribution in [0, 0.1) is 6.92 Å². The van der Waals surface area contributed by atoms with E-state index in [4.69, 9.17) is 14.6 Å². The van der Waals surface area contributed by atoms with E-state index in [0.29, 0.717) is 13.0 Å². The number of nitrogens with zero attached hydrogens (tertiary/aromatic N) is 2. The van der Waals surface area contributed by atoms with Gasteiger partial charge in [0.15, 0.2) is 0 Å². The van der Waals surface area contributed by atoms with Crippen molar-refractivity contribution in [1.82, 2.24) is 14.9 Å². The van der Waals surface area contributed by atoms with E-state index >= 15 is 0 Å². The number of halogens is 3. The molecule has 0 radical (unpaired) electrons. The van der Waals surface area contributed by atoms with Crippen molar-refractivity contribution in [2.24, 2.45) is 0 Å². The maximum absolute atomic E-state index is 12.1. The highest BCUT2D eigenvalue weighted by atomic mass is 19.4. The zero-order chi connectivity index (χ0) is 23.7. The van der Waals surface area contributed by atoms with Gasteiger partial charge in [0.05, 0.1) is 13.5 Å². The third-order valence-electron chi connectivity index (χ3n) is 4.27. The Morgan fingerprint density at radius 2 is 1.78 bits per heavy atom. The van der Waals surface area contributed by atoms with Gasteiger partial charge in [0.2, 0.25) is 5.91 Å². The minimum absolute atomic E-state index is 0.0113. The fourth-order valence-electron chi connectivity index (χ4n) is 2.66. The lowest BCUT2D eigenvalue weighted by Gasteiger charge is -2.09. The molecule has 0 spiro atoms. The van der Waals surface area contributed by atoms with Crippen molar-refractivity contribution in [3.05, 3.63) is 77.9 Å². The third kappa shape index (κ3) is 7.46. The highest BCUT2D eigenvalue weighted by molar-refractivity contribution is 5.78. The van der Waals surface area contributed by atoms with Gasteiger partial charge in [0, 0.05) is 24.6 Å². The summed E-state index contributed by atoms with van der Waals surface area (Å²) in [6.45, 7) is 2.47. The number of hydrogen-bond acceptors (Lipinski definition) is 4. The Balaban J connectivity index is 0.000000451. The monoisotopic (exact) mass is 449 g/mol. The maximum Gasteiger partial charge on any atom is 0.490 e. The SMILES string of the molecule is COc1cccc(CC(=O)NCc2ccc(-n3ccnc3C)cc2)c1.O=C(O)C(F)(F)F. The minimum Gasteiger partial charge on any atom is -0.497 e. The predicted octanol–water partition coefficient (Wildman–Crippen LogP) is 3.68. The molecule has 0 saturated heterocycles. The van der Waals surface area contributed by atoms with E-state index in [0.717, 1.165) is 28.4 Å². The second kappa shape index (κ2) is 11.0. The summed E-state index contributed by atoms with van der Waals surface area (Å²) in [4.78, 5) is 25.2. The first kappa shape index (κ1) is 24.4. The molecule has 3 aromatic rings. The molecule has 1 aromatic heterocycles. The van der Waals surface area contributed by atoms with Gasteiger partial charge in [-0.25, -0.2) is 9.78 Å². The fourth-order valence-corrected chi connectivity index (χ4v) is 2.66. The summed E-state index contributed by atoms with van der Waals surface area (Å²) in [6, 6.07) is 15.6. The van der Waals surface area contributed by atoms with Crippen molar-refractivity contribution in [2.45, 2.75) is 26.1 Å². The Morgan fingerprint density at radius 3 is 2.31 bits per heavy atom. The smallest absolute Gasteiger partial charge is 0.490 e. The highest BCUT2D eigenvalue weighted by Crippen LogP contribution is 2.14. The van der Waals surface area contributed by atoms with Crippen molar-refractivity contribution in [2.75, 3.05) is 7.11 Å². The molecule has 0 atom stereocenters. The molecule has 7 nitrogen and oxygen atoms in total. The Bertz CT molecular complexity index is 1050. The van der Waals surface area contributed by atoms with Crippen LogP contribution in [0.15, 0.2) is 60.9 Å². The van der Waals surface area contributed by atoms with Crippen LogP contribution in [-0.4, -0.2) is 39.8 Å². The second-order valence-corrected chi connectivity index (χ2v) is 6.62. The van der Waals surface area contributed by atoms with E-state index in [1.807, 2.05) is 66.2 Å². The molecule has 1 amide bonds. The molecule has 1 heterocycles. The number of imidazole rings is 1. The predicted molar refractivity (Wildman–Crippen MR) is 111 cm³/mol. The quantitative estimate of drug-likeness (QED) is 0.599. The molecule has 10 heteroatoms. The van der Waals surface area contributed by atoms with Crippen LogP contribution in [-0.2, 0) is 22.6 Å². The van der Waals surface area contributed by atoms with Gasteiger partial charge in [-0.15, -0.1) is 0 Å². The van der Waals surface area contributed by atoms with Crippen molar-refractivity contribution in [1.29, 1.82) is 0 Å². The molecule has 0 fully saturated rings. The van der Waals surface area contributed by atoms with Crippen molar-refractivity contribution in [3.63, 3.8) is 0 Å². The van der Waals surface area contributed by atoms with Gasteiger partial charge >= 0.3 is 12.1 Å². The molecule has 0 aliphatic heterocycles. The molecular formula is C22H22F3N3O4. The summed E-state index contributed by atoms with van der Waals surface area (Å²) >= 11 is 0. The number of aliphatic carboxylic acids is 1. The van der Waals surface area contributed by atoms with Crippen LogP contribution in [0.2, 0.25) is 0 Å². The molecule has 170 valence electrons. The molecule has 0 aliphatic carbocycles. The number of hydrogen-bond donors (Lipinski definition) is 2. The minimum atomic E-state index is -5.08. The number of rotatable bonds is 6. The number of benzene rings is 2. The van der Waals surface area contributed by atoms with Gasteiger partial charge < -0.3 is 19.7 Å². The number of carboxylic acids is 1. The molecule has 0 saturated carbocycles. The van der Waals surface area contributed by atoms with Gasteiger partial charge in [0.1, 0.15) is 11.6 Å². The number of aromatic nitrogens is 2. The van der Waals surface area contributed by atoms with Gasteiger partial charge in [0.25, 0.3) is 0 Å². The molecule has 0 aliphatic rings. The Morgan fingerprint density at radius 1 is 1.12 bits per heavy atom. The number of carbonyl (C=O) groups is 2. The molecule has 2 aromatic carbocycles. The summed E-state index contributed by atoms with van der Waals surface area (Å²) in [5.74, 6) is -1.06. The second-order valence-electron chi connectivity index (χ2n) is 6.62. The van der Waals surface area contributed by atoms with Gasteiger partial charge in [-0.3, -0.25) is 4.79 Å². The number of ether oxygens (including phenoxy) is 1. The summed E-state index contributed by atoms with van der Waals surface area (Å²) in [7, 11) is 1.62. The van der Waals surface area contributed by atoms with E-state index in [-0.39, 0.29) is 5.91 Å². The zero-order valence-corrected chi connectivity index (χ0v) is 17.4. The molecule has 0 bridgehead atoms. The largest absolute Gasteiger partial charge is 0.497 e. The van der Waals surface area contributed by atoms with Crippen molar-refractivity contribution >= 4 is 11.9 Å². The first-order valence-electron chi connectivity index (χ1n) is 9.39. The van der Waals surface area contributed by atoms with Crippen LogP contribution in [0.3, 0.4) is 0 Å². The number of carbonyl (C=O) groups excluding carboxylic acids is 1. The lowest BCUT2D eigenvalue weighted by atomic mass is 10.1. The van der Waals surface area contributed by atoms with Crippen LogP contribution in [0.4, 0.5) is 13.2 Å². The zero-order valence-electron chi connectivity index (χ0n) is 17.4. The van der Waals surface area contributed by atoms with Crippen LogP contribution >= 0.6 is 0 Å². The topological polar surface area (TPSA) is 93.5 Å². The number of alkyl halides is 3. The number of methoxy groups -OCH3 is 1. The standard InChI is InChI=1S/C20H21N3O2.C2HF3O2/c1-15-21-10-11-23(15)18-8-6-16(7-9-18)14-22-20(24)13-17-4-3-5-19(12-17)25-2;3-2(4,5)1(6)7/h3-12H,13-14H2,1-2H3,(H,22,24);(H,6,7). The van der Waals surface area contributed by atoms with Crippen LogP contribution in [0.25, 0.3) is 5.69 Å². The average Bonchev–Trinajstić information content (AvgIpc) is 3.18. The Hall–Kier alpha value is -3.82. The summed E-state index contributed by atoms with van der Waals surface area (Å²) in [5.41, 5.74) is 3.05. The molecular weight excluding hydrogens is 427 g/mol. The number of nitrogens with one attached hydrogen (secondary N) is 1. The van der Waals surface area contributed by atoms with Crippen molar-refractivity contribution in [3.8, 4) is 11.4 Å². The third-order valence-corrected chi connectivity index (χ3v) is 4.27. The van der Waals surface area contributed by atoms with Crippen LogP contribution in [0.5, 0.6) is 5.75 Å². The fraction of sp³-hybridized carbons (Fsp3) is 0.227. The summed E-state index contributed by atoms with van der Waals surface area (Å²) in [6.07, 6.45) is -1.04. The highest BCUT2D eigenvalue weighted by Gasteiger charge is 2.38. The average molecular weight is 449 g/mol. The Kier molecular flexibility index (Phi) is 8.39. The lowest BCUT2D eigenvalue weighted by molar-refractivity contribution is -0.192. The van der Waals surface area contributed by atoms with Gasteiger partial charge in [-0.05, 0) is 42.3 Å². The Labute approximate surface area is 182 Å². The number of carboxylic acid groups (broad SMARTS) is 1. The van der Waals surface area contributed by atoms with Gasteiger partial charge in [-0.1, -0.05) is 24.3 Å². The first-order chi connectivity index (χ1) is 15.1. The summed E-state index contributed by atoms with van der Waals surface area (Å²) < 4.78 is 38.9. The lowest BCUT2D eigenvalue weighted by Crippen LogP contribution is -2.24. The number of aryl methyl sites for hydroxylation is 1. The van der Waals surface area contributed by atoms with Crippen LogP contribution in [0.1, 0.15) is 17.0 Å². The normalized spacial score (nSPS) is 10.7. The van der Waals surface area contributed by atoms with Gasteiger partial charge in [-0.2, -0.15) is 13.2 Å². The van der Waals surface area contributed by atoms with E-state index < -0.39 is 12.1 Å². The van der Waals surface area contributed by atoms with Crippen LogP contribution < -0.4 is 10.1 Å². The first-order valence-corrected chi connectivity index (χ1v) is 9.39. The molecule has 3 rings (SSSR count). The summed E-state index contributed by atoms with van der Waals surface area (Å²) in [5, 5.41) is 10.1. The van der Waals surface area contributed by atoms with E-state index in [1.54, 1.807) is 13.3 Å².